The first-order chi connectivity index (χ1) is 9.43. The van der Waals surface area contributed by atoms with E-state index in [9.17, 15) is 14.7 Å². The minimum absolute atomic E-state index is 0.0628. The highest BCUT2D eigenvalue weighted by Gasteiger charge is 2.36. The highest BCUT2D eigenvalue weighted by Crippen LogP contribution is 2.27. The molecule has 21 heavy (non-hydrogen) atoms. The molecular weight excluding hydrogens is 274 g/mol. The van der Waals surface area contributed by atoms with Gasteiger partial charge in [-0.05, 0) is 53.4 Å². The number of carboxylic acid groups (broad SMARTS) is 2. The van der Waals surface area contributed by atoms with Crippen LogP contribution in [0, 0.1) is 0 Å². The summed E-state index contributed by atoms with van der Waals surface area (Å²) >= 11 is 0. The Morgan fingerprint density at radius 1 is 0.952 bits per heavy atom. The Hall–Kier alpha value is -1.14. The topological polar surface area (TPSA) is 107 Å². The molecule has 0 aromatic rings. The maximum absolute atomic E-state index is 9.90. The second-order valence-electron chi connectivity index (χ2n) is 6.95. The fourth-order valence-electron chi connectivity index (χ4n) is 2.82. The van der Waals surface area contributed by atoms with Gasteiger partial charge in [-0.25, -0.2) is 0 Å². The molecule has 6 nitrogen and oxygen atoms in total. The van der Waals surface area contributed by atoms with Crippen molar-refractivity contribution in [2.75, 3.05) is 0 Å². The van der Waals surface area contributed by atoms with Crippen molar-refractivity contribution in [3.63, 3.8) is 0 Å². The molecule has 0 saturated carbocycles. The molecule has 4 N–H and O–H groups in total. The number of aliphatic hydroxyl groups excluding tert-OH is 1. The van der Waals surface area contributed by atoms with Crippen LogP contribution < -0.4 is 5.32 Å². The molecule has 124 valence electrons. The summed E-state index contributed by atoms with van der Waals surface area (Å²) in [5.41, 5.74) is 0.169. The van der Waals surface area contributed by atoms with Crippen LogP contribution in [-0.4, -0.2) is 44.4 Å². The first kappa shape index (κ1) is 19.9. The normalized spacial score (nSPS) is 20.2. The molecule has 0 aromatic carbocycles. The van der Waals surface area contributed by atoms with Crippen molar-refractivity contribution in [1.82, 2.24) is 5.32 Å². The Balaban J connectivity index is 0.000000384. The van der Waals surface area contributed by atoms with Gasteiger partial charge in [-0.2, -0.15) is 0 Å². The third-order valence-electron chi connectivity index (χ3n) is 3.20. The number of hydrogen-bond acceptors (Lipinski definition) is 4. The Kier molecular flexibility index (Phi) is 7.89. The summed E-state index contributed by atoms with van der Waals surface area (Å²) in [5, 5.41) is 29.3. The maximum Gasteiger partial charge on any atom is 0.303 e. The van der Waals surface area contributed by atoms with Crippen molar-refractivity contribution in [3.05, 3.63) is 0 Å². The van der Waals surface area contributed by atoms with Gasteiger partial charge in [0.2, 0.25) is 0 Å². The molecule has 6 heteroatoms. The van der Waals surface area contributed by atoms with E-state index in [1.807, 2.05) is 0 Å². The molecule has 0 atom stereocenters. The second kappa shape index (κ2) is 8.34. The predicted octanol–water partition coefficient (Wildman–Crippen LogP) is 2.00. The summed E-state index contributed by atoms with van der Waals surface area (Å²) < 4.78 is 0. The van der Waals surface area contributed by atoms with Crippen LogP contribution in [0.5, 0.6) is 0 Å². The van der Waals surface area contributed by atoms with E-state index < -0.39 is 11.9 Å². The largest absolute Gasteiger partial charge is 0.481 e. The van der Waals surface area contributed by atoms with Gasteiger partial charge in [0.1, 0.15) is 0 Å². The minimum Gasteiger partial charge on any atom is -0.481 e. The number of rotatable bonds is 5. The quantitative estimate of drug-likeness (QED) is 0.579. The van der Waals surface area contributed by atoms with Gasteiger partial charge < -0.3 is 20.6 Å². The molecular formula is C15H29NO5. The average molecular weight is 303 g/mol. The molecule has 1 rings (SSSR count). The molecule has 1 saturated heterocycles. The van der Waals surface area contributed by atoms with E-state index in [4.69, 9.17) is 10.2 Å². The fraction of sp³-hybridized carbons (Fsp3) is 0.867. The van der Waals surface area contributed by atoms with E-state index in [0.717, 1.165) is 12.8 Å². The molecule has 0 bridgehead atoms. The maximum atomic E-state index is 9.90. The summed E-state index contributed by atoms with van der Waals surface area (Å²) in [4.78, 5) is 19.8. The van der Waals surface area contributed by atoms with Gasteiger partial charge in [0, 0.05) is 23.9 Å². The number of carboxylic acids is 2. The van der Waals surface area contributed by atoms with Gasteiger partial charge in [-0.1, -0.05) is 0 Å². The zero-order valence-electron chi connectivity index (χ0n) is 13.5. The van der Waals surface area contributed by atoms with E-state index in [2.05, 4.69) is 33.0 Å². The van der Waals surface area contributed by atoms with Crippen molar-refractivity contribution < 1.29 is 24.9 Å². The number of carbonyl (C=O) groups is 2. The van der Waals surface area contributed by atoms with Gasteiger partial charge in [0.05, 0.1) is 6.10 Å². The zero-order chi connectivity index (χ0) is 16.7. The average Bonchev–Trinajstić information content (AvgIpc) is 2.19. The summed E-state index contributed by atoms with van der Waals surface area (Å²) in [6.07, 6.45) is 2.60. The highest BCUT2D eigenvalue weighted by atomic mass is 16.4. The van der Waals surface area contributed by atoms with E-state index in [0.29, 0.717) is 12.8 Å². The molecule has 1 heterocycles. The van der Waals surface area contributed by atoms with E-state index in [1.54, 1.807) is 0 Å². The van der Waals surface area contributed by atoms with Crippen LogP contribution in [0.25, 0.3) is 0 Å². The van der Waals surface area contributed by atoms with Gasteiger partial charge in [0.15, 0.2) is 0 Å². The Labute approximate surface area is 126 Å². The number of nitrogens with one attached hydrogen (secondary N) is 1. The molecule has 0 amide bonds. The van der Waals surface area contributed by atoms with Crippen LogP contribution in [0.3, 0.4) is 0 Å². The second-order valence-corrected chi connectivity index (χ2v) is 6.95. The van der Waals surface area contributed by atoms with Crippen LogP contribution in [0.15, 0.2) is 0 Å². The standard InChI is InChI=1S/C9H19NO.C6H10O4/c1-8(2)5-7(11)6-9(3,4)10-8;7-5(8)3-1-2-4-6(9)10/h7,10-11H,5-6H2,1-4H3;1-4H2,(H,7,8)(H,9,10). The van der Waals surface area contributed by atoms with Crippen LogP contribution in [0.4, 0.5) is 0 Å². The van der Waals surface area contributed by atoms with Crippen molar-refractivity contribution >= 4 is 11.9 Å². The lowest BCUT2D eigenvalue weighted by Gasteiger charge is -2.44. The minimum atomic E-state index is -0.870. The molecule has 0 radical (unpaired) electrons. The van der Waals surface area contributed by atoms with Gasteiger partial charge >= 0.3 is 11.9 Å². The monoisotopic (exact) mass is 303 g/mol. The smallest absolute Gasteiger partial charge is 0.303 e. The summed E-state index contributed by atoms with van der Waals surface area (Å²) in [6, 6.07) is 0. The Morgan fingerprint density at radius 3 is 1.52 bits per heavy atom. The van der Waals surface area contributed by atoms with Crippen LogP contribution >= 0.6 is 0 Å². The van der Waals surface area contributed by atoms with Crippen LogP contribution in [0.2, 0.25) is 0 Å². The first-order valence-electron chi connectivity index (χ1n) is 7.34. The Bertz CT molecular complexity index is 320. The fourth-order valence-corrected chi connectivity index (χ4v) is 2.82. The summed E-state index contributed by atoms with van der Waals surface area (Å²) in [7, 11) is 0. The predicted molar refractivity (Wildman–Crippen MR) is 80.3 cm³/mol. The van der Waals surface area contributed by atoms with Crippen molar-refractivity contribution in [3.8, 4) is 0 Å². The van der Waals surface area contributed by atoms with Crippen molar-refractivity contribution in [2.24, 2.45) is 0 Å². The molecule has 1 aliphatic heterocycles. The SMILES string of the molecule is CC1(C)CC(O)CC(C)(C)N1.O=C(O)CCCCC(=O)O. The first-order valence-corrected chi connectivity index (χ1v) is 7.34. The lowest BCUT2D eigenvalue weighted by atomic mass is 9.81. The van der Waals surface area contributed by atoms with Gasteiger partial charge in [-0.3, -0.25) is 9.59 Å². The Morgan fingerprint density at radius 2 is 1.29 bits per heavy atom. The van der Waals surface area contributed by atoms with Crippen LogP contribution in [-0.2, 0) is 9.59 Å². The molecule has 1 aliphatic rings. The van der Waals surface area contributed by atoms with Crippen molar-refractivity contribution in [1.29, 1.82) is 0 Å². The highest BCUT2D eigenvalue weighted by molar-refractivity contribution is 5.67. The van der Waals surface area contributed by atoms with Crippen LogP contribution in [0.1, 0.15) is 66.2 Å². The molecule has 1 fully saturated rings. The summed E-state index contributed by atoms with van der Waals surface area (Å²) in [5.74, 6) is -1.74. The molecule has 0 aliphatic carbocycles. The van der Waals surface area contributed by atoms with Gasteiger partial charge in [0.25, 0.3) is 0 Å². The summed E-state index contributed by atoms with van der Waals surface area (Å²) in [6.45, 7) is 8.54. The van der Waals surface area contributed by atoms with E-state index in [-0.39, 0.29) is 30.0 Å². The molecule has 0 aromatic heterocycles. The number of piperidine rings is 1. The van der Waals surface area contributed by atoms with E-state index in [1.165, 1.54) is 0 Å². The van der Waals surface area contributed by atoms with Crippen molar-refractivity contribution in [2.45, 2.75) is 83.4 Å². The third kappa shape index (κ3) is 11.2. The number of hydrogen-bond donors (Lipinski definition) is 4. The number of aliphatic hydroxyl groups is 1. The number of aliphatic carboxylic acids is 2. The lowest BCUT2D eigenvalue weighted by Crippen LogP contribution is -2.59. The van der Waals surface area contributed by atoms with Gasteiger partial charge in [-0.15, -0.1) is 0 Å². The lowest BCUT2D eigenvalue weighted by molar-refractivity contribution is -0.139. The molecule has 0 spiro atoms. The number of unbranched alkanes of at least 4 members (excludes halogenated alkanes) is 1. The molecule has 0 unspecified atom stereocenters. The van der Waals surface area contributed by atoms with E-state index >= 15 is 0 Å². The zero-order valence-corrected chi connectivity index (χ0v) is 13.5. The third-order valence-corrected chi connectivity index (χ3v) is 3.20.